The first-order valence-electron chi connectivity index (χ1n) is 8.26. The van der Waals surface area contributed by atoms with Crippen LogP contribution in [0.3, 0.4) is 0 Å². The van der Waals surface area contributed by atoms with Crippen LogP contribution in [0.4, 0.5) is 0 Å². The van der Waals surface area contributed by atoms with Gasteiger partial charge in [-0.1, -0.05) is 20.3 Å². The number of hydrogen-bond acceptors (Lipinski definition) is 3. The number of nitrogens with zero attached hydrogens (tertiary/aromatic N) is 3. The Labute approximate surface area is 124 Å². The summed E-state index contributed by atoms with van der Waals surface area (Å²) in [5.74, 6) is 0.301. The van der Waals surface area contributed by atoms with E-state index in [1.165, 1.54) is 32.1 Å². The highest BCUT2D eigenvalue weighted by molar-refractivity contribution is 5.78. The van der Waals surface area contributed by atoms with E-state index >= 15 is 0 Å². The van der Waals surface area contributed by atoms with E-state index in [0.29, 0.717) is 24.5 Å². The molecule has 2 bridgehead atoms. The van der Waals surface area contributed by atoms with Crippen molar-refractivity contribution in [2.75, 3.05) is 33.7 Å². The molecule has 20 heavy (non-hydrogen) atoms. The van der Waals surface area contributed by atoms with Crippen molar-refractivity contribution in [3.05, 3.63) is 0 Å². The number of likely N-dealkylation sites (N-methyl/N-ethyl adjacent to an activating group) is 1. The molecule has 3 unspecified atom stereocenters. The molecule has 4 heteroatoms. The molecule has 0 aliphatic carbocycles. The highest BCUT2D eigenvalue weighted by atomic mass is 16.2. The van der Waals surface area contributed by atoms with Crippen molar-refractivity contribution in [3.63, 3.8) is 0 Å². The SMILES string of the molecule is CCCC(CC)N1C2CCC1CN(C(=O)CN(C)C)C2. The van der Waals surface area contributed by atoms with Crippen LogP contribution in [0.5, 0.6) is 0 Å². The number of hydrogen-bond donors (Lipinski definition) is 0. The number of amides is 1. The molecule has 2 heterocycles. The highest BCUT2D eigenvalue weighted by Crippen LogP contribution is 2.34. The van der Waals surface area contributed by atoms with Crippen LogP contribution in [0.15, 0.2) is 0 Å². The number of rotatable bonds is 6. The molecular formula is C16H31N3O. The van der Waals surface area contributed by atoms with E-state index in [2.05, 4.69) is 23.6 Å². The van der Waals surface area contributed by atoms with Crippen LogP contribution >= 0.6 is 0 Å². The Morgan fingerprint density at radius 1 is 1.20 bits per heavy atom. The van der Waals surface area contributed by atoms with Crippen molar-refractivity contribution in [1.82, 2.24) is 14.7 Å². The second-order valence-electron chi connectivity index (χ2n) is 6.72. The van der Waals surface area contributed by atoms with Gasteiger partial charge in [-0.3, -0.25) is 9.69 Å². The van der Waals surface area contributed by atoms with E-state index < -0.39 is 0 Å². The van der Waals surface area contributed by atoms with E-state index in [-0.39, 0.29) is 0 Å². The van der Waals surface area contributed by atoms with Gasteiger partial charge in [0.2, 0.25) is 5.91 Å². The summed E-state index contributed by atoms with van der Waals surface area (Å²) >= 11 is 0. The number of carbonyl (C=O) groups is 1. The van der Waals surface area contributed by atoms with Crippen molar-refractivity contribution in [3.8, 4) is 0 Å². The van der Waals surface area contributed by atoms with E-state index in [1.54, 1.807) is 0 Å². The Kier molecular flexibility index (Phi) is 5.44. The molecule has 4 nitrogen and oxygen atoms in total. The molecule has 0 aromatic carbocycles. The molecule has 116 valence electrons. The molecular weight excluding hydrogens is 250 g/mol. The minimum Gasteiger partial charge on any atom is -0.338 e. The topological polar surface area (TPSA) is 26.8 Å². The largest absolute Gasteiger partial charge is 0.338 e. The van der Waals surface area contributed by atoms with Crippen LogP contribution in [0.2, 0.25) is 0 Å². The van der Waals surface area contributed by atoms with Gasteiger partial charge in [-0.2, -0.15) is 0 Å². The second-order valence-corrected chi connectivity index (χ2v) is 6.72. The summed E-state index contributed by atoms with van der Waals surface area (Å²) in [7, 11) is 3.94. The maximum atomic E-state index is 12.3. The summed E-state index contributed by atoms with van der Waals surface area (Å²) in [5, 5.41) is 0. The Bertz CT molecular complexity index is 318. The van der Waals surface area contributed by atoms with Gasteiger partial charge in [0.25, 0.3) is 0 Å². The average molecular weight is 281 g/mol. The highest BCUT2D eigenvalue weighted by Gasteiger charge is 2.43. The molecule has 0 aromatic heterocycles. The van der Waals surface area contributed by atoms with Crippen LogP contribution in [0, 0.1) is 0 Å². The van der Waals surface area contributed by atoms with Crippen molar-refractivity contribution in [2.24, 2.45) is 0 Å². The summed E-state index contributed by atoms with van der Waals surface area (Å²) < 4.78 is 0. The Morgan fingerprint density at radius 3 is 2.25 bits per heavy atom. The minimum atomic E-state index is 0.301. The third-order valence-corrected chi connectivity index (χ3v) is 4.86. The Morgan fingerprint density at radius 2 is 1.80 bits per heavy atom. The van der Waals surface area contributed by atoms with Crippen LogP contribution in [0.1, 0.15) is 46.0 Å². The normalized spacial score (nSPS) is 28.1. The molecule has 0 aromatic rings. The number of likely N-dealkylation sites (tertiary alicyclic amines) is 1. The number of fused-ring (bicyclic) bond motifs is 2. The fraction of sp³-hybridized carbons (Fsp3) is 0.938. The van der Waals surface area contributed by atoms with Crippen LogP contribution < -0.4 is 0 Å². The lowest BCUT2D eigenvalue weighted by Crippen LogP contribution is -2.59. The van der Waals surface area contributed by atoms with Gasteiger partial charge in [0, 0.05) is 31.2 Å². The molecule has 2 aliphatic heterocycles. The van der Waals surface area contributed by atoms with Crippen molar-refractivity contribution in [1.29, 1.82) is 0 Å². The first-order valence-corrected chi connectivity index (χ1v) is 8.26. The first-order chi connectivity index (χ1) is 9.56. The average Bonchev–Trinajstić information content (AvgIpc) is 2.65. The summed E-state index contributed by atoms with van der Waals surface area (Å²) in [6.45, 7) is 7.03. The van der Waals surface area contributed by atoms with Gasteiger partial charge in [-0.25, -0.2) is 0 Å². The zero-order valence-electron chi connectivity index (χ0n) is 13.6. The van der Waals surface area contributed by atoms with Gasteiger partial charge < -0.3 is 9.80 Å². The predicted octanol–water partition coefficient (Wildman–Crippen LogP) is 1.80. The van der Waals surface area contributed by atoms with Gasteiger partial charge in [0.1, 0.15) is 0 Å². The van der Waals surface area contributed by atoms with Gasteiger partial charge in [-0.15, -0.1) is 0 Å². The molecule has 3 atom stereocenters. The molecule has 0 N–H and O–H groups in total. The maximum absolute atomic E-state index is 12.3. The first kappa shape index (κ1) is 15.8. The molecule has 1 amide bonds. The Hall–Kier alpha value is -0.610. The van der Waals surface area contributed by atoms with Gasteiger partial charge in [0.15, 0.2) is 0 Å². The quantitative estimate of drug-likeness (QED) is 0.743. The third kappa shape index (κ3) is 3.34. The number of piperazine rings is 1. The lowest BCUT2D eigenvalue weighted by Gasteiger charge is -2.45. The summed E-state index contributed by atoms with van der Waals surface area (Å²) in [6, 6.07) is 1.94. The van der Waals surface area contributed by atoms with E-state index in [1.807, 2.05) is 19.0 Å². The van der Waals surface area contributed by atoms with Crippen molar-refractivity contribution in [2.45, 2.75) is 64.1 Å². The van der Waals surface area contributed by atoms with Gasteiger partial charge in [-0.05, 0) is 39.8 Å². The third-order valence-electron chi connectivity index (χ3n) is 4.86. The van der Waals surface area contributed by atoms with Crippen LogP contribution in [-0.2, 0) is 4.79 Å². The van der Waals surface area contributed by atoms with Crippen molar-refractivity contribution < 1.29 is 4.79 Å². The standard InChI is InChI=1S/C16H31N3O/c1-5-7-13(6-2)19-14-8-9-15(19)11-18(10-14)16(20)12-17(3)4/h13-15H,5-12H2,1-4H3. The monoisotopic (exact) mass is 281 g/mol. The molecule has 2 rings (SSSR count). The van der Waals surface area contributed by atoms with Crippen LogP contribution in [0.25, 0.3) is 0 Å². The molecule has 0 radical (unpaired) electrons. The summed E-state index contributed by atoms with van der Waals surface area (Å²) in [6.07, 6.45) is 6.35. The lowest BCUT2D eigenvalue weighted by atomic mass is 10.0. The lowest BCUT2D eigenvalue weighted by molar-refractivity contribution is -0.136. The van der Waals surface area contributed by atoms with E-state index in [9.17, 15) is 4.79 Å². The fourth-order valence-electron chi connectivity index (χ4n) is 4.00. The predicted molar refractivity (Wildman–Crippen MR) is 82.8 cm³/mol. The molecule has 0 saturated carbocycles. The van der Waals surface area contributed by atoms with E-state index in [0.717, 1.165) is 19.1 Å². The smallest absolute Gasteiger partial charge is 0.236 e. The second kappa shape index (κ2) is 6.90. The van der Waals surface area contributed by atoms with E-state index in [4.69, 9.17) is 0 Å². The van der Waals surface area contributed by atoms with Crippen molar-refractivity contribution >= 4 is 5.91 Å². The molecule has 0 spiro atoms. The summed E-state index contributed by atoms with van der Waals surface area (Å²) in [5.41, 5.74) is 0. The molecule has 2 aliphatic rings. The maximum Gasteiger partial charge on any atom is 0.236 e. The summed E-state index contributed by atoms with van der Waals surface area (Å²) in [4.78, 5) is 19.1. The Balaban J connectivity index is 1.98. The zero-order chi connectivity index (χ0) is 14.7. The minimum absolute atomic E-state index is 0.301. The fourth-order valence-corrected chi connectivity index (χ4v) is 4.00. The van der Waals surface area contributed by atoms with Crippen LogP contribution in [-0.4, -0.2) is 72.5 Å². The number of carbonyl (C=O) groups excluding carboxylic acids is 1. The molecule has 2 saturated heterocycles. The molecule has 2 fully saturated rings. The van der Waals surface area contributed by atoms with Gasteiger partial charge >= 0.3 is 0 Å². The van der Waals surface area contributed by atoms with Gasteiger partial charge in [0.05, 0.1) is 6.54 Å². The zero-order valence-corrected chi connectivity index (χ0v) is 13.6.